The van der Waals surface area contributed by atoms with E-state index in [0.717, 1.165) is 6.42 Å². The zero-order valence-electron chi connectivity index (χ0n) is 10.9. The number of likely N-dealkylation sites (N-methyl/N-ethyl adjacent to an activating group) is 1. The first-order valence-corrected chi connectivity index (χ1v) is 5.76. The minimum absolute atomic E-state index is 0. The number of nitrogens with one attached hydrogen (secondary N) is 3. The van der Waals surface area contributed by atoms with Crippen molar-refractivity contribution in [3.05, 3.63) is 21.5 Å². The van der Waals surface area contributed by atoms with Crippen LogP contribution >= 0.6 is 12.4 Å². The Balaban J connectivity index is 0.00000324. The van der Waals surface area contributed by atoms with Gasteiger partial charge in [0, 0.05) is 13.1 Å². The molecule has 0 aromatic carbocycles. The van der Waals surface area contributed by atoms with Crippen LogP contribution in [-0.4, -0.2) is 41.2 Å². The van der Waals surface area contributed by atoms with Gasteiger partial charge in [0.05, 0.1) is 4.92 Å². The van der Waals surface area contributed by atoms with Crippen molar-refractivity contribution < 1.29 is 9.72 Å². The number of aromatic amines is 1. The molecular formula is C10H18ClN5O3. The Kier molecular flexibility index (Phi) is 7.69. The predicted molar refractivity (Wildman–Crippen MR) is 72.7 cm³/mol. The molecule has 0 spiro atoms. The fraction of sp³-hybridized carbons (Fsp3) is 0.600. The largest absolute Gasteiger partial charge is 0.349 e. The molecule has 1 aromatic rings. The van der Waals surface area contributed by atoms with Crippen molar-refractivity contribution >= 4 is 24.0 Å². The van der Waals surface area contributed by atoms with Crippen LogP contribution < -0.4 is 10.6 Å². The molecule has 108 valence electrons. The third-order valence-electron chi connectivity index (χ3n) is 2.37. The average molecular weight is 292 g/mol. The van der Waals surface area contributed by atoms with Gasteiger partial charge in [-0.05, 0) is 13.5 Å². The van der Waals surface area contributed by atoms with Crippen molar-refractivity contribution in [2.45, 2.75) is 19.8 Å². The maximum atomic E-state index is 11.7. The summed E-state index contributed by atoms with van der Waals surface area (Å²) in [6.07, 6.45) is 1.23. The van der Waals surface area contributed by atoms with E-state index >= 15 is 0 Å². The zero-order valence-corrected chi connectivity index (χ0v) is 11.7. The Morgan fingerprint density at radius 1 is 1.47 bits per heavy atom. The van der Waals surface area contributed by atoms with E-state index in [0.29, 0.717) is 25.2 Å². The number of nitrogens with zero attached hydrogens (tertiary/aromatic N) is 2. The normalized spacial score (nSPS) is 9.79. The number of H-pyrrole nitrogens is 1. The molecule has 1 heterocycles. The van der Waals surface area contributed by atoms with Crippen LogP contribution in [0.25, 0.3) is 0 Å². The maximum absolute atomic E-state index is 11.7. The lowest BCUT2D eigenvalue weighted by Crippen LogP contribution is -2.31. The molecule has 1 rings (SSSR count). The molecule has 0 saturated carbocycles. The fourth-order valence-electron chi connectivity index (χ4n) is 1.54. The Morgan fingerprint density at radius 3 is 2.68 bits per heavy atom. The molecule has 9 heteroatoms. The van der Waals surface area contributed by atoms with Gasteiger partial charge in [-0.2, -0.15) is 5.10 Å². The Morgan fingerprint density at radius 2 is 2.16 bits per heavy atom. The number of aryl methyl sites for hydroxylation is 1. The van der Waals surface area contributed by atoms with Gasteiger partial charge in [0.15, 0.2) is 0 Å². The zero-order chi connectivity index (χ0) is 13.5. The summed E-state index contributed by atoms with van der Waals surface area (Å²) < 4.78 is 0. The van der Waals surface area contributed by atoms with Gasteiger partial charge >= 0.3 is 5.69 Å². The third kappa shape index (κ3) is 4.49. The molecule has 0 aliphatic rings. The van der Waals surface area contributed by atoms with Crippen LogP contribution in [0.4, 0.5) is 5.69 Å². The SMILES string of the molecule is CCCc1[nH]nc(C(=O)NCCNC)c1[N+](=O)[O-].Cl. The van der Waals surface area contributed by atoms with E-state index in [1.54, 1.807) is 7.05 Å². The van der Waals surface area contributed by atoms with E-state index in [1.165, 1.54) is 0 Å². The second kappa shape index (κ2) is 8.44. The van der Waals surface area contributed by atoms with Crippen molar-refractivity contribution in [2.75, 3.05) is 20.1 Å². The van der Waals surface area contributed by atoms with Crippen molar-refractivity contribution in [1.82, 2.24) is 20.8 Å². The molecule has 0 atom stereocenters. The van der Waals surface area contributed by atoms with Crippen molar-refractivity contribution in [1.29, 1.82) is 0 Å². The highest BCUT2D eigenvalue weighted by atomic mass is 35.5. The van der Waals surface area contributed by atoms with Gasteiger partial charge in [0.25, 0.3) is 5.91 Å². The Bertz CT molecular complexity index is 435. The molecule has 0 fully saturated rings. The number of carbonyl (C=O) groups is 1. The highest BCUT2D eigenvalue weighted by molar-refractivity contribution is 5.96. The topological polar surface area (TPSA) is 113 Å². The van der Waals surface area contributed by atoms with E-state index in [1.807, 2.05) is 6.92 Å². The first-order valence-electron chi connectivity index (χ1n) is 5.76. The smallest absolute Gasteiger partial charge is 0.322 e. The van der Waals surface area contributed by atoms with Gasteiger partial charge in [-0.25, -0.2) is 0 Å². The number of carbonyl (C=O) groups excluding carboxylic acids is 1. The standard InChI is InChI=1S/C10H17N5O3.ClH/c1-3-4-7-9(15(17)18)8(14-13-7)10(16)12-6-5-11-2;/h11H,3-6H2,1-2H3,(H,12,16)(H,13,14);1H. The van der Waals surface area contributed by atoms with Gasteiger partial charge in [0.2, 0.25) is 5.69 Å². The summed E-state index contributed by atoms with van der Waals surface area (Å²) in [4.78, 5) is 22.1. The molecule has 8 nitrogen and oxygen atoms in total. The Labute approximate surface area is 116 Å². The second-order valence-corrected chi connectivity index (χ2v) is 3.77. The van der Waals surface area contributed by atoms with Gasteiger partial charge in [0.1, 0.15) is 5.69 Å². The van der Waals surface area contributed by atoms with Crippen LogP contribution in [0.15, 0.2) is 0 Å². The molecule has 0 aliphatic heterocycles. The predicted octanol–water partition coefficient (Wildman–Crippen LogP) is 0.641. The quantitative estimate of drug-likeness (QED) is 0.388. The van der Waals surface area contributed by atoms with E-state index < -0.39 is 10.8 Å². The lowest BCUT2D eigenvalue weighted by Gasteiger charge is -2.01. The number of halogens is 1. The second-order valence-electron chi connectivity index (χ2n) is 3.77. The molecular weight excluding hydrogens is 274 g/mol. The first-order chi connectivity index (χ1) is 8.61. The summed E-state index contributed by atoms with van der Waals surface area (Å²) in [6, 6.07) is 0. The summed E-state index contributed by atoms with van der Waals surface area (Å²) in [5.41, 5.74) is 0.0135. The monoisotopic (exact) mass is 291 g/mol. The molecule has 1 aromatic heterocycles. The van der Waals surface area contributed by atoms with E-state index in [2.05, 4.69) is 20.8 Å². The van der Waals surface area contributed by atoms with Crippen molar-refractivity contribution in [2.24, 2.45) is 0 Å². The minimum Gasteiger partial charge on any atom is -0.349 e. The van der Waals surface area contributed by atoms with Crippen LogP contribution in [0.2, 0.25) is 0 Å². The van der Waals surface area contributed by atoms with Crippen LogP contribution in [0.3, 0.4) is 0 Å². The molecule has 0 unspecified atom stereocenters. The number of amides is 1. The Hall–Kier alpha value is -1.67. The number of aromatic nitrogens is 2. The van der Waals surface area contributed by atoms with Crippen LogP contribution in [0, 0.1) is 10.1 Å². The van der Waals surface area contributed by atoms with Gasteiger partial charge in [-0.3, -0.25) is 20.0 Å². The summed E-state index contributed by atoms with van der Waals surface area (Å²) in [5.74, 6) is -0.532. The summed E-state index contributed by atoms with van der Waals surface area (Å²) in [6.45, 7) is 2.88. The molecule has 0 radical (unpaired) electrons. The highest BCUT2D eigenvalue weighted by Crippen LogP contribution is 2.22. The van der Waals surface area contributed by atoms with E-state index in [4.69, 9.17) is 0 Å². The minimum atomic E-state index is -0.568. The number of hydrogen-bond acceptors (Lipinski definition) is 5. The van der Waals surface area contributed by atoms with Gasteiger partial charge in [-0.1, -0.05) is 13.3 Å². The molecule has 1 amide bonds. The lowest BCUT2D eigenvalue weighted by atomic mass is 10.2. The number of hydrogen-bond donors (Lipinski definition) is 3. The first kappa shape index (κ1) is 17.3. The number of nitro groups is 1. The summed E-state index contributed by atoms with van der Waals surface area (Å²) in [7, 11) is 1.75. The third-order valence-corrected chi connectivity index (χ3v) is 2.37. The fourth-order valence-corrected chi connectivity index (χ4v) is 1.54. The lowest BCUT2D eigenvalue weighted by molar-refractivity contribution is -0.385. The molecule has 0 bridgehead atoms. The highest BCUT2D eigenvalue weighted by Gasteiger charge is 2.28. The van der Waals surface area contributed by atoms with Gasteiger partial charge in [-0.15, -0.1) is 12.4 Å². The average Bonchev–Trinajstić information content (AvgIpc) is 2.73. The van der Waals surface area contributed by atoms with Crippen molar-refractivity contribution in [3.8, 4) is 0 Å². The van der Waals surface area contributed by atoms with Crippen molar-refractivity contribution in [3.63, 3.8) is 0 Å². The van der Waals surface area contributed by atoms with Gasteiger partial charge < -0.3 is 10.6 Å². The molecule has 0 aliphatic carbocycles. The number of rotatable bonds is 7. The molecule has 0 saturated heterocycles. The summed E-state index contributed by atoms with van der Waals surface area (Å²) in [5, 5.41) is 22.7. The van der Waals surface area contributed by atoms with Crippen LogP contribution in [0.5, 0.6) is 0 Å². The summed E-state index contributed by atoms with van der Waals surface area (Å²) >= 11 is 0. The maximum Gasteiger partial charge on any atom is 0.322 e. The van der Waals surface area contributed by atoms with E-state index in [-0.39, 0.29) is 23.8 Å². The van der Waals surface area contributed by atoms with Crippen LogP contribution in [0.1, 0.15) is 29.5 Å². The van der Waals surface area contributed by atoms with Crippen LogP contribution in [-0.2, 0) is 6.42 Å². The van der Waals surface area contributed by atoms with E-state index in [9.17, 15) is 14.9 Å². The molecule has 3 N–H and O–H groups in total. The molecule has 19 heavy (non-hydrogen) atoms.